The zero-order chi connectivity index (χ0) is 25.1. The molecule has 1 atom stereocenters. The number of amides is 1. The molecule has 0 aliphatic rings. The van der Waals surface area contributed by atoms with Crippen molar-refractivity contribution in [3.05, 3.63) is 101 Å². The van der Waals surface area contributed by atoms with Gasteiger partial charge in [0.15, 0.2) is 0 Å². The maximum Gasteiger partial charge on any atom is 0.416 e. The van der Waals surface area contributed by atoms with Gasteiger partial charge in [-0.15, -0.1) is 0 Å². The van der Waals surface area contributed by atoms with Crippen LogP contribution in [0, 0.1) is 5.82 Å². The number of pyridine rings is 1. The Hall–Kier alpha value is -3.43. The minimum absolute atomic E-state index is 0.0410. The third kappa shape index (κ3) is 6.33. The van der Waals surface area contributed by atoms with E-state index in [1.165, 1.54) is 43.7 Å². The minimum Gasteiger partial charge on any atom is -0.341 e. The molecule has 1 heterocycles. The van der Waals surface area contributed by atoms with E-state index in [0.717, 1.165) is 4.90 Å². The van der Waals surface area contributed by atoms with Gasteiger partial charge in [0, 0.05) is 38.3 Å². The van der Waals surface area contributed by atoms with Crippen molar-refractivity contribution in [2.24, 2.45) is 0 Å². The summed E-state index contributed by atoms with van der Waals surface area (Å²) in [6, 6.07) is 10.1. The Labute approximate surface area is 190 Å². The molecule has 34 heavy (non-hydrogen) atoms. The number of hydrogen-bond acceptors (Lipinski definition) is 2. The molecule has 10 heteroatoms. The molecule has 1 aromatic heterocycles. The van der Waals surface area contributed by atoms with Crippen molar-refractivity contribution in [2.45, 2.75) is 31.2 Å². The van der Waals surface area contributed by atoms with Gasteiger partial charge in [0.25, 0.3) is 0 Å². The summed E-state index contributed by atoms with van der Waals surface area (Å²) in [5.41, 5.74) is -1.88. The highest BCUT2D eigenvalue weighted by Crippen LogP contribution is 2.36. The van der Waals surface area contributed by atoms with Gasteiger partial charge >= 0.3 is 12.4 Å². The van der Waals surface area contributed by atoms with Crippen LogP contribution in [0.3, 0.4) is 0 Å². The van der Waals surface area contributed by atoms with Crippen molar-refractivity contribution in [1.82, 2.24) is 9.88 Å². The largest absolute Gasteiger partial charge is 0.416 e. The normalized spacial score (nSPS) is 12.9. The van der Waals surface area contributed by atoms with Crippen LogP contribution in [-0.2, 0) is 23.7 Å². The molecule has 0 N–H and O–H groups in total. The first kappa shape index (κ1) is 25.2. The van der Waals surface area contributed by atoms with E-state index in [-0.39, 0.29) is 18.1 Å². The zero-order valence-electron chi connectivity index (χ0n) is 17.8. The van der Waals surface area contributed by atoms with E-state index in [2.05, 4.69) is 4.98 Å². The molecular formula is C24H19F7N2O. The number of rotatable bonds is 6. The number of aromatic nitrogens is 1. The van der Waals surface area contributed by atoms with Gasteiger partial charge in [-0.1, -0.05) is 12.1 Å². The van der Waals surface area contributed by atoms with Crippen molar-refractivity contribution < 1.29 is 35.5 Å². The van der Waals surface area contributed by atoms with Gasteiger partial charge < -0.3 is 4.90 Å². The Morgan fingerprint density at radius 3 is 1.85 bits per heavy atom. The molecule has 1 unspecified atom stereocenters. The average Bonchev–Trinajstić information content (AvgIpc) is 2.77. The van der Waals surface area contributed by atoms with E-state index < -0.39 is 47.7 Å². The average molecular weight is 484 g/mol. The molecule has 3 aromatic rings. The summed E-state index contributed by atoms with van der Waals surface area (Å²) < 4.78 is 92.1. The van der Waals surface area contributed by atoms with E-state index in [1.807, 2.05) is 0 Å². The second-order valence-corrected chi connectivity index (χ2v) is 7.75. The van der Waals surface area contributed by atoms with Crippen LogP contribution in [0.25, 0.3) is 0 Å². The first-order chi connectivity index (χ1) is 15.8. The molecule has 180 valence electrons. The number of benzene rings is 2. The van der Waals surface area contributed by atoms with Gasteiger partial charge in [0.2, 0.25) is 5.91 Å². The highest BCUT2D eigenvalue weighted by Gasteiger charge is 2.37. The Morgan fingerprint density at radius 2 is 1.35 bits per heavy atom. The number of hydrogen-bond donors (Lipinski definition) is 0. The molecule has 1 amide bonds. The van der Waals surface area contributed by atoms with E-state index in [1.54, 1.807) is 12.1 Å². The van der Waals surface area contributed by atoms with E-state index >= 15 is 0 Å². The fourth-order valence-electron chi connectivity index (χ4n) is 3.52. The van der Waals surface area contributed by atoms with Gasteiger partial charge in [0.1, 0.15) is 5.82 Å². The topological polar surface area (TPSA) is 33.2 Å². The Bertz CT molecular complexity index is 1090. The van der Waals surface area contributed by atoms with Gasteiger partial charge in [0.05, 0.1) is 11.1 Å². The summed E-state index contributed by atoms with van der Waals surface area (Å²) in [6.45, 7) is -0.460. The Balaban J connectivity index is 1.86. The van der Waals surface area contributed by atoms with Crippen LogP contribution < -0.4 is 0 Å². The Kier molecular flexibility index (Phi) is 7.28. The van der Waals surface area contributed by atoms with Crippen LogP contribution in [-0.4, -0.2) is 22.8 Å². The predicted molar refractivity (Wildman–Crippen MR) is 110 cm³/mol. The maximum absolute atomic E-state index is 13.4. The van der Waals surface area contributed by atoms with Gasteiger partial charge in [-0.25, -0.2) is 4.39 Å². The molecule has 0 fully saturated rings. The van der Waals surface area contributed by atoms with Crippen molar-refractivity contribution in [3.63, 3.8) is 0 Å². The SMILES string of the molecule is CN(Cc1cc(C(F)(F)F)cc(C(F)(F)F)c1)C(=O)CC(c1ccncc1)c1ccc(F)cc1. The smallest absolute Gasteiger partial charge is 0.341 e. The summed E-state index contributed by atoms with van der Waals surface area (Å²) in [5.74, 6) is -1.51. The monoisotopic (exact) mass is 484 g/mol. The quantitative estimate of drug-likeness (QED) is 0.378. The fourth-order valence-corrected chi connectivity index (χ4v) is 3.52. The predicted octanol–water partition coefficient (Wildman–Crippen LogP) is 6.44. The third-order valence-corrected chi connectivity index (χ3v) is 5.25. The van der Waals surface area contributed by atoms with Crippen LogP contribution in [0.5, 0.6) is 0 Å². The first-order valence-electron chi connectivity index (χ1n) is 10.0. The lowest BCUT2D eigenvalue weighted by Crippen LogP contribution is -2.28. The second kappa shape index (κ2) is 9.82. The maximum atomic E-state index is 13.4. The van der Waals surface area contributed by atoms with Crippen LogP contribution in [0.1, 0.15) is 40.2 Å². The molecule has 0 aliphatic heterocycles. The summed E-state index contributed by atoms with van der Waals surface area (Å²) >= 11 is 0. The highest BCUT2D eigenvalue weighted by atomic mass is 19.4. The van der Waals surface area contributed by atoms with Crippen molar-refractivity contribution in [1.29, 1.82) is 0 Å². The molecule has 0 saturated carbocycles. The number of alkyl halides is 6. The molecule has 0 radical (unpaired) electrons. The third-order valence-electron chi connectivity index (χ3n) is 5.25. The van der Waals surface area contributed by atoms with Crippen molar-refractivity contribution in [2.75, 3.05) is 7.05 Å². The number of carbonyl (C=O) groups excluding carboxylic acids is 1. The Morgan fingerprint density at radius 1 is 0.853 bits per heavy atom. The van der Waals surface area contributed by atoms with Crippen molar-refractivity contribution >= 4 is 5.91 Å². The summed E-state index contributed by atoms with van der Waals surface area (Å²) in [4.78, 5) is 17.9. The van der Waals surface area contributed by atoms with Crippen LogP contribution >= 0.6 is 0 Å². The van der Waals surface area contributed by atoms with Gasteiger partial charge in [-0.2, -0.15) is 26.3 Å². The summed E-state index contributed by atoms with van der Waals surface area (Å²) in [5, 5.41) is 0. The second-order valence-electron chi connectivity index (χ2n) is 7.75. The molecule has 3 nitrogen and oxygen atoms in total. The van der Waals surface area contributed by atoms with Crippen LogP contribution in [0.4, 0.5) is 30.7 Å². The lowest BCUT2D eigenvalue weighted by Gasteiger charge is -2.23. The standard InChI is InChI=1S/C24H19F7N2O/c1-33(14-15-10-18(23(26,27)28)12-19(11-15)24(29,30)31)22(34)13-21(17-6-8-32-9-7-17)16-2-4-20(25)5-3-16/h2-12,21H,13-14H2,1H3. The highest BCUT2D eigenvalue weighted by molar-refractivity contribution is 5.77. The molecule has 0 saturated heterocycles. The molecule has 0 aliphatic carbocycles. The zero-order valence-corrected chi connectivity index (χ0v) is 17.8. The number of halogens is 7. The molecular weight excluding hydrogens is 465 g/mol. The molecule has 0 spiro atoms. The van der Waals surface area contributed by atoms with E-state index in [9.17, 15) is 35.5 Å². The van der Waals surface area contributed by atoms with E-state index in [4.69, 9.17) is 0 Å². The van der Waals surface area contributed by atoms with Gasteiger partial charge in [-0.3, -0.25) is 9.78 Å². The van der Waals surface area contributed by atoms with Crippen molar-refractivity contribution in [3.8, 4) is 0 Å². The minimum atomic E-state index is -4.98. The molecule has 3 rings (SSSR count). The van der Waals surface area contributed by atoms with E-state index in [0.29, 0.717) is 23.3 Å². The van der Waals surface area contributed by atoms with Gasteiger partial charge in [-0.05, 0) is 59.2 Å². The number of nitrogens with zero attached hydrogens (tertiary/aromatic N) is 2. The fraction of sp³-hybridized carbons (Fsp3) is 0.250. The molecule has 0 bridgehead atoms. The van der Waals surface area contributed by atoms with Crippen LogP contribution in [0.2, 0.25) is 0 Å². The summed E-state index contributed by atoms with van der Waals surface area (Å²) in [6.07, 6.45) is -7.07. The lowest BCUT2D eigenvalue weighted by atomic mass is 9.88. The first-order valence-corrected chi connectivity index (χ1v) is 10.0. The molecule has 2 aromatic carbocycles. The van der Waals surface area contributed by atoms with Crippen LogP contribution in [0.15, 0.2) is 67.0 Å². The number of carbonyl (C=O) groups is 1. The lowest BCUT2D eigenvalue weighted by molar-refractivity contribution is -0.143. The summed E-state index contributed by atoms with van der Waals surface area (Å²) in [7, 11) is 1.30.